The molecule has 2 bridgehead atoms. The third-order valence-corrected chi connectivity index (χ3v) is 11.1. The lowest BCUT2D eigenvalue weighted by molar-refractivity contribution is -0.966. The molecule has 3 aliphatic carbocycles. The van der Waals surface area contributed by atoms with Gasteiger partial charge in [0.25, 0.3) is 5.91 Å². The topological polar surface area (TPSA) is 64.6 Å². The summed E-state index contributed by atoms with van der Waals surface area (Å²) in [7, 11) is 0. The minimum Gasteiger partial charge on any atom is -0.487 e. The van der Waals surface area contributed by atoms with E-state index in [0.717, 1.165) is 72.8 Å². The van der Waals surface area contributed by atoms with E-state index >= 15 is 0 Å². The second-order valence-electron chi connectivity index (χ2n) is 14.5. The maximum Gasteiger partial charge on any atom is 0.421 e. The smallest absolute Gasteiger partial charge is 0.421 e. The number of hydrogen-bond donors (Lipinski definition) is 1. The Hall–Kier alpha value is -3.33. The number of piperidine rings is 1. The Bertz CT molecular complexity index is 1540. The van der Waals surface area contributed by atoms with Gasteiger partial charge in [-0.05, 0) is 43.7 Å². The van der Waals surface area contributed by atoms with Crippen LogP contribution in [0.4, 0.5) is 18.9 Å². The summed E-state index contributed by atoms with van der Waals surface area (Å²) < 4.78 is 56.4. The molecule has 7 rings (SSSR count). The molecule has 2 aromatic rings. The largest absolute Gasteiger partial charge is 0.487 e. The molecule has 1 amide bonds. The van der Waals surface area contributed by atoms with Crippen LogP contribution in [0.15, 0.2) is 42.0 Å². The third kappa shape index (κ3) is 5.15. The summed E-state index contributed by atoms with van der Waals surface area (Å²) in [6, 6.07) is 9.85. The zero-order valence-electron chi connectivity index (χ0n) is 26.2. The Morgan fingerprint density at radius 1 is 1.16 bits per heavy atom. The Kier molecular flexibility index (Phi) is 7.34. The molecule has 240 valence electrons. The number of carbonyl (C=O) groups excluding carboxylic acids is 2. The highest BCUT2D eigenvalue weighted by Crippen LogP contribution is 2.66. The lowest BCUT2D eigenvalue weighted by atomic mass is 9.51. The van der Waals surface area contributed by atoms with Gasteiger partial charge in [0.2, 0.25) is 0 Å². The highest BCUT2D eigenvalue weighted by molar-refractivity contribution is 6.08. The van der Waals surface area contributed by atoms with Crippen LogP contribution in [0.3, 0.4) is 0 Å². The van der Waals surface area contributed by atoms with Crippen LogP contribution in [-0.2, 0) is 21.4 Å². The Morgan fingerprint density at radius 3 is 2.58 bits per heavy atom. The Morgan fingerprint density at radius 2 is 1.91 bits per heavy atom. The van der Waals surface area contributed by atoms with Gasteiger partial charge in [-0.15, -0.1) is 0 Å². The molecule has 1 unspecified atom stereocenters. The average Bonchev–Trinajstić information content (AvgIpc) is 3.71. The number of benzene rings is 2. The number of alkyl halides is 3. The maximum atomic E-state index is 14.2. The van der Waals surface area contributed by atoms with Crippen LogP contribution in [0.1, 0.15) is 76.0 Å². The second kappa shape index (κ2) is 10.9. The van der Waals surface area contributed by atoms with Crippen molar-refractivity contribution in [2.45, 2.75) is 89.5 Å². The summed E-state index contributed by atoms with van der Waals surface area (Å²) >= 11 is 0. The number of likely N-dealkylation sites (tertiary alicyclic amines) is 1. The number of anilines is 1. The molecule has 6 nitrogen and oxygen atoms in total. The van der Waals surface area contributed by atoms with Gasteiger partial charge >= 0.3 is 12.1 Å². The summed E-state index contributed by atoms with van der Waals surface area (Å²) in [6.45, 7) is 9.25. The molecule has 1 spiro atoms. The van der Waals surface area contributed by atoms with E-state index in [1.54, 1.807) is 18.2 Å². The normalized spacial score (nSPS) is 30.0. The van der Waals surface area contributed by atoms with Gasteiger partial charge in [-0.1, -0.05) is 44.2 Å². The van der Waals surface area contributed by atoms with Gasteiger partial charge < -0.3 is 19.3 Å². The van der Waals surface area contributed by atoms with Crippen molar-refractivity contribution in [3.05, 3.63) is 58.7 Å². The third-order valence-electron chi connectivity index (χ3n) is 11.1. The summed E-state index contributed by atoms with van der Waals surface area (Å²) in [5, 5.41) is 2.56. The van der Waals surface area contributed by atoms with Crippen LogP contribution >= 0.6 is 0 Å². The molecule has 2 aliphatic heterocycles. The number of esters is 1. The minimum absolute atomic E-state index is 0.125. The summed E-state index contributed by atoms with van der Waals surface area (Å²) in [5.74, 6) is 0.641. The molecule has 45 heavy (non-hydrogen) atoms. The van der Waals surface area contributed by atoms with Crippen LogP contribution in [-0.4, -0.2) is 54.3 Å². The van der Waals surface area contributed by atoms with Crippen LogP contribution in [0, 0.1) is 17.8 Å². The number of halogens is 3. The number of rotatable bonds is 8. The van der Waals surface area contributed by atoms with Crippen LogP contribution < -0.4 is 14.8 Å². The quantitative estimate of drug-likeness (QED) is 0.146. The highest BCUT2D eigenvalue weighted by atomic mass is 19.4. The van der Waals surface area contributed by atoms with Crippen molar-refractivity contribution in [1.82, 2.24) is 0 Å². The summed E-state index contributed by atoms with van der Waals surface area (Å²) in [4.78, 5) is 25.8. The molecule has 5 aliphatic rings. The van der Waals surface area contributed by atoms with Crippen molar-refractivity contribution in [3.63, 3.8) is 0 Å². The van der Waals surface area contributed by atoms with Gasteiger partial charge in [-0.25, -0.2) is 0 Å². The van der Waals surface area contributed by atoms with E-state index in [2.05, 4.69) is 19.2 Å². The van der Waals surface area contributed by atoms with Crippen molar-refractivity contribution in [3.8, 4) is 11.5 Å². The first-order valence-electron chi connectivity index (χ1n) is 16.5. The summed E-state index contributed by atoms with van der Waals surface area (Å²) in [5.41, 5.74) is 0.662. The van der Waals surface area contributed by atoms with Gasteiger partial charge in [0.1, 0.15) is 23.2 Å². The molecule has 0 aromatic heterocycles. The van der Waals surface area contributed by atoms with E-state index in [4.69, 9.17) is 9.47 Å². The predicted molar refractivity (Wildman–Crippen MR) is 165 cm³/mol. The molecule has 1 N–H and O–H groups in total. The number of ether oxygens (including phenoxy) is 2. The van der Waals surface area contributed by atoms with E-state index in [9.17, 15) is 22.8 Å². The lowest BCUT2D eigenvalue weighted by Gasteiger charge is -2.62. The Balaban J connectivity index is 1.35. The van der Waals surface area contributed by atoms with Crippen molar-refractivity contribution in [2.24, 2.45) is 17.8 Å². The maximum absolute atomic E-state index is 14.2. The SMILES string of the molecule is CC(=O)Oc1cc(NC(=O)C(=Cc2ccccc2)C(F)(F)F)c2c3c1C[C@@H]1[C@@H]4CCC[C@H](O2)[C@]34CC[N+]1(CC(C)C)CC1CC1. The zero-order chi connectivity index (χ0) is 31.7. The number of quaternary nitrogens is 1. The van der Waals surface area contributed by atoms with Crippen LogP contribution in [0.5, 0.6) is 11.5 Å². The number of carbonyl (C=O) groups is 2. The monoisotopic (exact) mass is 623 g/mol. The fourth-order valence-corrected chi connectivity index (χ4v) is 9.52. The van der Waals surface area contributed by atoms with Gasteiger partial charge in [0, 0.05) is 54.7 Å². The molecule has 3 fully saturated rings. The molecule has 9 heteroatoms. The van der Waals surface area contributed by atoms with Gasteiger partial charge in [0.15, 0.2) is 0 Å². The molecule has 2 aromatic carbocycles. The fourth-order valence-electron chi connectivity index (χ4n) is 9.52. The number of nitrogens with zero attached hydrogens (tertiary/aromatic N) is 1. The highest BCUT2D eigenvalue weighted by Gasteiger charge is 2.68. The van der Waals surface area contributed by atoms with Crippen molar-refractivity contribution < 1.29 is 36.7 Å². The van der Waals surface area contributed by atoms with Gasteiger partial charge in [-0.2, -0.15) is 13.2 Å². The van der Waals surface area contributed by atoms with E-state index in [0.29, 0.717) is 29.4 Å². The standard InChI is InChI=1S/C36H41F3N2O4/c1-21(2)19-41(20-24-12-13-24)15-14-35-26-10-7-11-31(35)45-33-28(18-30(44-22(3)42)25(32(33)35)17-29(26)41)40-34(43)27(36(37,38)39)16-23-8-5-4-6-9-23/h4-6,8-9,16,18,21,24,26,29,31H,7,10-15,17,19-20H2,1-3H3/p+1/t26-,29+,31-,35+,41?/m0/s1. The van der Waals surface area contributed by atoms with E-state index in [-0.39, 0.29) is 22.8 Å². The molecule has 1 saturated heterocycles. The number of nitrogens with one attached hydrogen (secondary N) is 1. The second-order valence-corrected chi connectivity index (χ2v) is 14.5. The summed E-state index contributed by atoms with van der Waals surface area (Å²) in [6.07, 6.45) is 3.00. The first-order chi connectivity index (χ1) is 21.4. The van der Waals surface area contributed by atoms with E-state index < -0.39 is 23.6 Å². The Labute approximate surface area is 262 Å². The van der Waals surface area contributed by atoms with Crippen LogP contribution in [0.25, 0.3) is 6.08 Å². The zero-order valence-corrected chi connectivity index (χ0v) is 26.2. The molecule has 2 heterocycles. The molecule has 5 atom stereocenters. The van der Waals surface area contributed by atoms with Crippen molar-refractivity contribution in [2.75, 3.05) is 25.0 Å². The van der Waals surface area contributed by atoms with E-state index in [1.165, 1.54) is 44.5 Å². The predicted octanol–water partition coefficient (Wildman–Crippen LogP) is 7.21. The lowest BCUT2D eigenvalue weighted by Crippen LogP contribution is -2.72. The average molecular weight is 624 g/mol. The first-order valence-corrected chi connectivity index (χ1v) is 16.5. The molecule has 2 saturated carbocycles. The van der Waals surface area contributed by atoms with Crippen molar-refractivity contribution in [1.29, 1.82) is 0 Å². The van der Waals surface area contributed by atoms with Crippen molar-refractivity contribution >= 4 is 23.6 Å². The van der Waals surface area contributed by atoms with Gasteiger partial charge in [0.05, 0.1) is 36.8 Å². The number of hydrogen-bond acceptors (Lipinski definition) is 4. The van der Waals surface area contributed by atoms with Crippen LogP contribution in [0.2, 0.25) is 0 Å². The minimum atomic E-state index is -4.89. The fraction of sp³-hybridized carbons (Fsp3) is 0.556. The molecule has 0 radical (unpaired) electrons. The first kappa shape index (κ1) is 30.3. The van der Waals surface area contributed by atoms with E-state index in [1.807, 2.05) is 0 Å². The number of amides is 1. The molecular weight excluding hydrogens is 581 g/mol. The van der Waals surface area contributed by atoms with Gasteiger partial charge in [-0.3, -0.25) is 9.59 Å². The molecular formula is C36H42F3N2O4+.